The lowest BCUT2D eigenvalue weighted by molar-refractivity contribution is 1.31. The lowest BCUT2D eigenvalue weighted by atomic mass is 10.3. The molecule has 0 N–H and O–H groups in total. The molecule has 1 heterocycles. The van der Waals surface area contributed by atoms with Gasteiger partial charge in [-0.1, -0.05) is 62.8 Å². The first-order valence-electron chi connectivity index (χ1n) is 6.35. The van der Waals surface area contributed by atoms with Crippen LogP contribution in [0.25, 0.3) is 10.2 Å². The van der Waals surface area contributed by atoms with E-state index in [2.05, 4.69) is 67.8 Å². The van der Waals surface area contributed by atoms with E-state index in [1.165, 1.54) is 9.83 Å². The van der Waals surface area contributed by atoms with E-state index in [0.717, 1.165) is 5.52 Å². The van der Waals surface area contributed by atoms with Gasteiger partial charge in [0, 0.05) is 0 Å². The van der Waals surface area contributed by atoms with Crippen LogP contribution in [0.3, 0.4) is 0 Å². The van der Waals surface area contributed by atoms with Gasteiger partial charge in [-0.25, -0.2) is 4.98 Å². The molecule has 0 aliphatic carbocycles. The van der Waals surface area contributed by atoms with Gasteiger partial charge in [0.05, 0.1) is 10.2 Å². The Morgan fingerprint density at radius 1 is 0.944 bits per heavy atom. The van der Waals surface area contributed by atoms with Crippen molar-refractivity contribution < 1.29 is 0 Å². The minimum Gasteiger partial charge on any atom is -0.401 e. The molecule has 2 nitrogen and oxygen atoms in total. The van der Waals surface area contributed by atoms with Crippen molar-refractivity contribution in [2.45, 2.75) is 39.3 Å². The Balaban J connectivity index is 2.55. The standard InChI is InChI=1S/C13H22N2SSi2/c1-17(2,3)15(18(4,5)6)13-14-11-9-7-8-10-12(11)16-13/h7-10H,1-6H3. The predicted molar refractivity (Wildman–Crippen MR) is 88.8 cm³/mol. The maximum absolute atomic E-state index is 4.86. The topological polar surface area (TPSA) is 16.1 Å². The predicted octanol–water partition coefficient (Wildman–Crippen LogP) is 4.77. The van der Waals surface area contributed by atoms with Crippen molar-refractivity contribution in [3.8, 4) is 0 Å². The number of rotatable bonds is 3. The van der Waals surface area contributed by atoms with E-state index in [1.807, 2.05) is 11.3 Å². The van der Waals surface area contributed by atoms with Gasteiger partial charge in [0.15, 0.2) is 5.13 Å². The first-order chi connectivity index (χ1) is 8.19. The van der Waals surface area contributed by atoms with Crippen molar-refractivity contribution in [2.75, 3.05) is 4.23 Å². The number of benzene rings is 1. The van der Waals surface area contributed by atoms with Gasteiger partial charge in [-0.2, -0.15) is 0 Å². The molecule has 98 valence electrons. The van der Waals surface area contributed by atoms with Gasteiger partial charge >= 0.3 is 0 Å². The number of nitrogens with zero attached hydrogens (tertiary/aromatic N) is 2. The average Bonchev–Trinajstić information content (AvgIpc) is 2.54. The van der Waals surface area contributed by atoms with Crippen molar-refractivity contribution in [3.05, 3.63) is 24.3 Å². The zero-order valence-electron chi connectivity index (χ0n) is 12.1. The number of para-hydroxylation sites is 1. The summed E-state index contributed by atoms with van der Waals surface area (Å²) < 4.78 is 3.99. The Labute approximate surface area is 116 Å². The second kappa shape index (κ2) is 4.47. The molecule has 0 fully saturated rings. The number of anilines is 1. The largest absolute Gasteiger partial charge is 0.401 e. The third kappa shape index (κ3) is 2.68. The highest BCUT2D eigenvalue weighted by molar-refractivity contribution is 7.24. The number of fused-ring (bicyclic) bond motifs is 1. The van der Waals surface area contributed by atoms with E-state index in [9.17, 15) is 0 Å². The molecule has 0 saturated carbocycles. The summed E-state index contributed by atoms with van der Waals surface area (Å²) >= 11 is 1.84. The summed E-state index contributed by atoms with van der Waals surface area (Å²) in [5.74, 6) is 0. The lowest BCUT2D eigenvalue weighted by Crippen LogP contribution is -2.59. The van der Waals surface area contributed by atoms with Crippen LogP contribution in [0.15, 0.2) is 24.3 Å². The molecule has 0 amide bonds. The highest BCUT2D eigenvalue weighted by Gasteiger charge is 2.36. The summed E-state index contributed by atoms with van der Waals surface area (Å²) in [6.07, 6.45) is 0. The van der Waals surface area contributed by atoms with Gasteiger partial charge in [0.1, 0.15) is 16.5 Å². The summed E-state index contributed by atoms with van der Waals surface area (Å²) in [6.45, 7) is 14.5. The van der Waals surface area contributed by atoms with E-state index in [-0.39, 0.29) is 0 Å². The molecule has 0 radical (unpaired) electrons. The molecule has 0 atom stereocenters. The minimum absolute atomic E-state index is 1.14. The zero-order chi connectivity index (χ0) is 13.6. The van der Waals surface area contributed by atoms with E-state index in [0.29, 0.717) is 0 Å². The summed E-state index contributed by atoms with van der Waals surface area (Å²) in [7, 11) is -2.77. The van der Waals surface area contributed by atoms with Crippen molar-refractivity contribution in [1.29, 1.82) is 0 Å². The third-order valence-corrected chi connectivity index (χ3v) is 11.3. The molecule has 5 heteroatoms. The molecular formula is C13H22N2SSi2. The molecule has 1 aromatic carbocycles. The lowest BCUT2D eigenvalue weighted by Gasteiger charge is -2.43. The Kier molecular flexibility index (Phi) is 3.42. The van der Waals surface area contributed by atoms with E-state index in [1.54, 1.807) is 0 Å². The molecule has 0 spiro atoms. The monoisotopic (exact) mass is 294 g/mol. The SMILES string of the molecule is C[Si](C)(C)N(c1nc2ccccc2s1)[Si](C)(C)C. The van der Waals surface area contributed by atoms with Crippen molar-refractivity contribution >= 4 is 43.2 Å². The molecule has 2 aromatic rings. The molecule has 2 rings (SSSR count). The van der Waals surface area contributed by atoms with Gasteiger partial charge in [-0.05, 0) is 12.1 Å². The number of thiazole rings is 1. The Bertz CT molecular complexity index is 505. The number of hydrogen-bond donors (Lipinski definition) is 0. The van der Waals surface area contributed by atoms with E-state index in [4.69, 9.17) is 4.98 Å². The van der Waals surface area contributed by atoms with Crippen molar-refractivity contribution in [1.82, 2.24) is 4.98 Å². The van der Waals surface area contributed by atoms with Gasteiger partial charge in [0.2, 0.25) is 0 Å². The van der Waals surface area contributed by atoms with Crippen LogP contribution in [0, 0.1) is 0 Å². The van der Waals surface area contributed by atoms with Crippen molar-refractivity contribution in [3.63, 3.8) is 0 Å². The maximum atomic E-state index is 4.86. The van der Waals surface area contributed by atoms with Crippen LogP contribution < -0.4 is 4.23 Å². The molecular weight excluding hydrogens is 272 g/mol. The first kappa shape index (κ1) is 13.8. The van der Waals surface area contributed by atoms with Crippen LogP contribution in [0.1, 0.15) is 0 Å². The van der Waals surface area contributed by atoms with Crippen LogP contribution in [0.2, 0.25) is 39.3 Å². The first-order valence-corrected chi connectivity index (χ1v) is 14.1. The van der Waals surface area contributed by atoms with E-state index >= 15 is 0 Å². The average molecular weight is 295 g/mol. The minimum atomic E-state index is -1.38. The smallest absolute Gasteiger partial charge is 0.170 e. The highest BCUT2D eigenvalue weighted by atomic mass is 32.1. The highest BCUT2D eigenvalue weighted by Crippen LogP contribution is 2.34. The fourth-order valence-electron chi connectivity index (χ4n) is 2.54. The van der Waals surface area contributed by atoms with Gasteiger partial charge in [-0.15, -0.1) is 0 Å². The Hall–Kier alpha value is -0.656. The molecule has 0 bridgehead atoms. The van der Waals surface area contributed by atoms with Crippen LogP contribution in [0.4, 0.5) is 5.13 Å². The summed E-state index contributed by atoms with van der Waals surface area (Å²) in [6, 6.07) is 8.45. The molecule has 0 saturated heterocycles. The summed E-state index contributed by atoms with van der Waals surface area (Å²) in [5, 5.41) is 1.23. The molecule has 18 heavy (non-hydrogen) atoms. The van der Waals surface area contributed by atoms with Crippen LogP contribution >= 0.6 is 11.3 Å². The van der Waals surface area contributed by atoms with Gasteiger partial charge in [-0.3, -0.25) is 0 Å². The zero-order valence-corrected chi connectivity index (χ0v) is 14.9. The number of aromatic nitrogens is 1. The molecule has 0 aliphatic rings. The van der Waals surface area contributed by atoms with Crippen molar-refractivity contribution in [2.24, 2.45) is 0 Å². The fraction of sp³-hybridized carbons (Fsp3) is 0.462. The molecule has 0 aliphatic heterocycles. The van der Waals surface area contributed by atoms with Crippen LogP contribution in [0.5, 0.6) is 0 Å². The van der Waals surface area contributed by atoms with Crippen LogP contribution in [-0.2, 0) is 0 Å². The van der Waals surface area contributed by atoms with Gasteiger partial charge in [0.25, 0.3) is 0 Å². The summed E-state index contributed by atoms with van der Waals surface area (Å²) in [4.78, 5) is 4.86. The van der Waals surface area contributed by atoms with Crippen LogP contribution in [-0.4, -0.2) is 21.5 Å². The quantitative estimate of drug-likeness (QED) is 0.758. The Morgan fingerprint density at radius 3 is 2.00 bits per heavy atom. The number of hydrogen-bond acceptors (Lipinski definition) is 3. The third-order valence-electron chi connectivity index (χ3n) is 2.82. The maximum Gasteiger partial charge on any atom is 0.170 e. The van der Waals surface area contributed by atoms with Gasteiger partial charge < -0.3 is 4.23 Å². The molecule has 0 unspecified atom stereocenters. The van der Waals surface area contributed by atoms with E-state index < -0.39 is 16.5 Å². The summed E-state index contributed by atoms with van der Waals surface area (Å²) in [5.41, 5.74) is 1.14. The molecule has 1 aromatic heterocycles. The fourth-order valence-corrected chi connectivity index (χ4v) is 14.5. The Morgan fingerprint density at radius 2 is 1.50 bits per heavy atom. The second-order valence-electron chi connectivity index (χ2n) is 6.64. The second-order valence-corrected chi connectivity index (χ2v) is 17.7. The normalized spacial score (nSPS) is 13.0.